The normalized spacial score (nSPS) is 13.4. The van der Waals surface area contributed by atoms with Gasteiger partial charge in [-0.15, -0.1) is 0 Å². The number of rotatable bonds is 2. The van der Waals surface area contributed by atoms with Crippen LogP contribution < -0.4 is 17.0 Å². The molecule has 9 heteroatoms. The summed E-state index contributed by atoms with van der Waals surface area (Å²) < 4.78 is 13.9. The zero-order valence-electron chi connectivity index (χ0n) is 10.8. The topological polar surface area (TPSA) is 114 Å². The SMILES string of the molecule is NC1=NC=C(Br)N(C(=O)c2ccccc2F)C1.NNC=O. The lowest BCUT2D eigenvalue weighted by molar-refractivity contribution is -0.109. The van der Waals surface area contributed by atoms with E-state index in [0.29, 0.717) is 16.9 Å². The highest BCUT2D eigenvalue weighted by Gasteiger charge is 2.23. The van der Waals surface area contributed by atoms with Crippen LogP contribution in [0.2, 0.25) is 0 Å². The van der Waals surface area contributed by atoms with Gasteiger partial charge in [-0.3, -0.25) is 19.9 Å². The van der Waals surface area contributed by atoms with Crippen LogP contribution in [0.4, 0.5) is 4.39 Å². The first-order valence-corrected chi connectivity index (χ1v) is 6.44. The van der Waals surface area contributed by atoms with Crippen molar-refractivity contribution in [3.8, 4) is 0 Å². The van der Waals surface area contributed by atoms with Crippen LogP contribution in [-0.4, -0.2) is 29.6 Å². The zero-order chi connectivity index (χ0) is 15.8. The third kappa shape index (κ3) is 4.65. The van der Waals surface area contributed by atoms with Crippen molar-refractivity contribution in [3.63, 3.8) is 0 Å². The third-order valence-corrected chi connectivity index (χ3v) is 2.97. The number of amidine groups is 1. The number of nitrogens with one attached hydrogen (secondary N) is 1. The fourth-order valence-electron chi connectivity index (χ4n) is 1.43. The van der Waals surface area contributed by atoms with E-state index >= 15 is 0 Å². The Bertz CT molecular complexity index is 591. The maximum atomic E-state index is 13.5. The van der Waals surface area contributed by atoms with Gasteiger partial charge in [0.05, 0.1) is 18.3 Å². The van der Waals surface area contributed by atoms with E-state index in [9.17, 15) is 9.18 Å². The Labute approximate surface area is 128 Å². The third-order valence-electron chi connectivity index (χ3n) is 2.33. The molecular formula is C12H13BrFN5O2. The first kappa shape index (κ1) is 16.8. The molecule has 0 aromatic heterocycles. The van der Waals surface area contributed by atoms with Gasteiger partial charge in [0.15, 0.2) is 0 Å². The lowest BCUT2D eigenvalue weighted by atomic mass is 10.2. The van der Waals surface area contributed by atoms with Gasteiger partial charge in [0.25, 0.3) is 5.91 Å². The second kappa shape index (κ2) is 8.12. The van der Waals surface area contributed by atoms with Crippen LogP contribution in [0.5, 0.6) is 0 Å². The summed E-state index contributed by atoms with van der Waals surface area (Å²) in [5, 5.41) is 0. The van der Waals surface area contributed by atoms with Crippen LogP contribution in [0.3, 0.4) is 0 Å². The van der Waals surface area contributed by atoms with Gasteiger partial charge in [-0.2, -0.15) is 0 Å². The summed E-state index contributed by atoms with van der Waals surface area (Å²) in [6.45, 7) is 0.143. The standard InChI is InChI=1S/C11H9BrFN3O.CH4N2O/c12-9-5-15-10(14)6-16(9)11(17)7-3-1-2-4-8(7)13;2-3-1-4/h1-5H,6H2,(H2,14,15);1H,2H2,(H,3,4). The number of halogens is 2. The Morgan fingerprint density at radius 3 is 2.67 bits per heavy atom. The zero-order valence-corrected chi connectivity index (χ0v) is 12.4. The predicted octanol–water partition coefficient (Wildman–Crippen LogP) is 0.439. The fourth-order valence-corrected chi connectivity index (χ4v) is 1.82. The van der Waals surface area contributed by atoms with Crippen LogP contribution in [0, 0.1) is 5.82 Å². The van der Waals surface area contributed by atoms with Gasteiger partial charge in [-0.05, 0) is 28.1 Å². The first-order chi connectivity index (χ1) is 10.0. The van der Waals surface area contributed by atoms with Crippen molar-refractivity contribution < 1.29 is 14.0 Å². The molecule has 1 aromatic carbocycles. The first-order valence-electron chi connectivity index (χ1n) is 5.65. The van der Waals surface area contributed by atoms with Crippen molar-refractivity contribution in [2.75, 3.05) is 6.54 Å². The lowest BCUT2D eigenvalue weighted by Crippen LogP contribution is -2.38. The number of hydrogen-bond acceptors (Lipinski definition) is 5. The van der Waals surface area contributed by atoms with Crippen LogP contribution in [0.15, 0.2) is 40.1 Å². The molecule has 1 aliphatic rings. The van der Waals surface area contributed by atoms with Crippen molar-refractivity contribution in [2.24, 2.45) is 16.6 Å². The van der Waals surface area contributed by atoms with E-state index < -0.39 is 11.7 Å². The molecule has 0 atom stereocenters. The molecule has 112 valence electrons. The van der Waals surface area contributed by atoms with Crippen molar-refractivity contribution in [2.45, 2.75) is 0 Å². The second-order valence-electron chi connectivity index (χ2n) is 3.73. The maximum Gasteiger partial charge on any atom is 0.262 e. The molecule has 21 heavy (non-hydrogen) atoms. The molecule has 0 unspecified atom stereocenters. The van der Waals surface area contributed by atoms with Gasteiger partial charge in [0.2, 0.25) is 6.41 Å². The van der Waals surface area contributed by atoms with Crippen LogP contribution in [0.25, 0.3) is 0 Å². The second-order valence-corrected chi connectivity index (χ2v) is 4.54. The lowest BCUT2D eigenvalue weighted by Gasteiger charge is -2.24. The molecule has 0 spiro atoms. The minimum absolute atomic E-state index is 0.00699. The number of benzene rings is 1. The van der Waals surface area contributed by atoms with E-state index in [4.69, 9.17) is 10.5 Å². The Morgan fingerprint density at radius 1 is 1.48 bits per heavy atom. The predicted molar refractivity (Wildman–Crippen MR) is 79.5 cm³/mol. The number of nitrogens with two attached hydrogens (primary N) is 2. The average molecular weight is 358 g/mol. The van der Waals surface area contributed by atoms with E-state index in [1.165, 1.54) is 29.3 Å². The van der Waals surface area contributed by atoms with E-state index in [-0.39, 0.29) is 12.1 Å². The molecule has 0 fully saturated rings. The number of nitrogens with zero attached hydrogens (tertiary/aromatic N) is 2. The number of hydrogen-bond donors (Lipinski definition) is 3. The number of aliphatic imine (C=N–C) groups is 1. The summed E-state index contributed by atoms with van der Waals surface area (Å²) in [5.74, 6) is 3.70. The van der Waals surface area contributed by atoms with Crippen molar-refractivity contribution >= 4 is 34.1 Å². The average Bonchev–Trinajstić information content (AvgIpc) is 2.50. The molecule has 2 amide bonds. The highest BCUT2D eigenvalue weighted by Crippen LogP contribution is 2.20. The summed E-state index contributed by atoms with van der Waals surface area (Å²) in [4.78, 5) is 26.2. The quantitative estimate of drug-likeness (QED) is 0.234. The molecule has 0 aliphatic carbocycles. The molecule has 0 saturated carbocycles. The molecule has 0 saturated heterocycles. The van der Waals surface area contributed by atoms with Crippen molar-refractivity contribution in [1.82, 2.24) is 10.3 Å². The summed E-state index contributed by atoms with van der Waals surface area (Å²) in [6.07, 6.45) is 1.82. The van der Waals surface area contributed by atoms with Gasteiger partial charge in [0, 0.05) is 0 Å². The number of amides is 2. The van der Waals surface area contributed by atoms with E-state index in [0.717, 1.165) is 0 Å². The number of carbonyl (C=O) groups is 2. The van der Waals surface area contributed by atoms with Gasteiger partial charge in [-0.1, -0.05) is 12.1 Å². The monoisotopic (exact) mass is 357 g/mol. The summed E-state index contributed by atoms with van der Waals surface area (Å²) >= 11 is 3.19. The molecule has 1 heterocycles. The Morgan fingerprint density at radius 2 is 2.10 bits per heavy atom. The summed E-state index contributed by atoms with van der Waals surface area (Å²) in [6, 6.07) is 5.81. The molecule has 7 nitrogen and oxygen atoms in total. The van der Waals surface area contributed by atoms with Gasteiger partial charge in [0.1, 0.15) is 16.3 Å². The Hall–Kier alpha value is -2.26. The highest BCUT2D eigenvalue weighted by atomic mass is 79.9. The van der Waals surface area contributed by atoms with E-state index in [1.54, 1.807) is 11.5 Å². The van der Waals surface area contributed by atoms with Crippen LogP contribution in [-0.2, 0) is 4.79 Å². The molecule has 1 aromatic rings. The van der Waals surface area contributed by atoms with E-state index in [1.807, 2.05) is 0 Å². The molecule has 0 bridgehead atoms. The molecular weight excluding hydrogens is 345 g/mol. The molecule has 1 aliphatic heterocycles. The van der Waals surface area contributed by atoms with Crippen LogP contribution >= 0.6 is 15.9 Å². The maximum absolute atomic E-state index is 13.5. The van der Waals surface area contributed by atoms with Crippen molar-refractivity contribution in [3.05, 3.63) is 46.5 Å². The minimum Gasteiger partial charge on any atom is -0.386 e. The molecule has 2 rings (SSSR count). The van der Waals surface area contributed by atoms with Crippen molar-refractivity contribution in [1.29, 1.82) is 0 Å². The largest absolute Gasteiger partial charge is 0.386 e. The van der Waals surface area contributed by atoms with Crippen LogP contribution in [0.1, 0.15) is 10.4 Å². The van der Waals surface area contributed by atoms with Gasteiger partial charge >= 0.3 is 0 Å². The molecule has 5 N–H and O–H groups in total. The Kier molecular flexibility index (Phi) is 6.50. The number of carbonyl (C=O) groups excluding carboxylic acids is 2. The molecule has 0 radical (unpaired) electrons. The fraction of sp³-hybridized carbons (Fsp3) is 0.0833. The van der Waals surface area contributed by atoms with Gasteiger partial charge < -0.3 is 5.73 Å². The minimum atomic E-state index is -0.557. The van der Waals surface area contributed by atoms with E-state index in [2.05, 4.69) is 26.8 Å². The van der Waals surface area contributed by atoms with Gasteiger partial charge in [-0.25, -0.2) is 15.2 Å². The summed E-state index contributed by atoms with van der Waals surface area (Å²) in [5.41, 5.74) is 7.30. The number of hydrazine groups is 1. The summed E-state index contributed by atoms with van der Waals surface area (Å²) in [7, 11) is 0. The smallest absolute Gasteiger partial charge is 0.262 e. The Balaban J connectivity index is 0.000000491. The highest BCUT2D eigenvalue weighted by molar-refractivity contribution is 9.11.